The molecule has 3 nitrogen and oxygen atoms in total. The zero-order valence-corrected chi connectivity index (χ0v) is 10.7. The third-order valence-electron chi connectivity index (χ3n) is 2.18. The van der Waals surface area contributed by atoms with Gasteiger partial charge in [0.05, 0.1) is 0 Å². The highest BCUT2D eigenvalue weighted by Gasteiger charge is 2.06. The number of anilines is 1. The summed E-state index contributed by atoms with van der Waals surface area (Å²) >= 11 is 1.86. The maximum Gasteiger partial charge on any atom is 0.130 e. The fourth-order valence-electron chi connectivity index (χ4n) is 1.46. The van der Waals surface area contributed by atoms with E-state index < -0.39 is 0 Å². The van der Waals surface area contributed by atoms with E-state index in [9.17, 15) is 0 Å². The monoisotopic (exact) mass is 225 g/mol. The van der Waals surface area contributed by atoms with Gasteiger partial charge in [-0.1, -0.05) is 6.92 Å². The molecule has 84 valence electrons. The van der Waals surface area contributed by atoms with E-state index in [-0.39, 0.29) is 0 Å². The van der Waals surface area contributed by atoms with Crippen LogP contribution in [0.3, 0.4) is 0 Å². The smallest absolute Gasteiger partial charge is 0.130 e. The highest BCUT2D eigenvalue weighted by molar-refractivity contribution is 7.98. The molecule has 15 heavy (non-hydrogen) atoms. The Hall–Kier alpha value is -0.770. The molecule has 0 saturated heterocycles. The molecule has 1 rings (SSSR count). The van der Waals surface area contributed by atoms with Crippen molar-refractivity contribution in [1.29, 1.82) is 0 Å². The van der Waals surface area contributed by atoms with Crippen LogP contribution in [0.2, 0.25) is 0 Å². The summed E-state index contributed by atoms with van der Waals surface area (Å²) in [4.78, 5) is 8.63. The number of aryl methyl sites for hydroxylation is 2. The van der Waals surface area contributed by atoms with E-state index in [1.165, 1.54) is 0 Å². The van der Waals surface area contributed by atoms with Crippen molar-refractivity contribution in [1.82, 2.24) is 9.97 Å². The van der Waals surface area contributed by atoms with E-state index in [0.717, 1.165) is 29.5 Å². The molecule has 0 aliphatic rings. The molecule has 0 amide bonds. The molecule has 0 spiro atoms. The van der Waals surface area contributed by atoms with Crippen molar-refractivity contribution in [2.45, 2.75) is 33.2 Å². The average molecular weight is 225 g/mol. The predicted octanol–water partition coefficient (Wildman–Crippen LogP) is 2.65. The summed E-state index contributed by atoms with van der Waals surface area (Å²) < 4.78 is 0. The first kappa shape index (κ1) is 12.3. The fraction of sp³-hybridized carbons (Fsp3) is 0.636. The molecule has 1 aromatic heterocycles. The molecule has 1 unspecified atom stereocenters. The predicted molar refractivity (Wildman–Crippen MR) is 67.6 cm³/mol. The Bertz CT molecular complexity index is 294. The van der Waals surface area contributed by atoms with Gasteiger partial charge in [0.2, 0.25) is 0 Å². The fourth-order valence-corrected chi connectivity index (χ4v) is 2.18. The van der Waals surface area contributed by atoms with Crippen molar-refractivity contribution < 1.29 is 0 Å². The topological polar surface area (TPSA) is 37.8 Å². The van der Waals surface area contributed by atoms with E-state index in [1.54, 1.807) is 0 Å². The first-order chi connectivity index (χ1) is 7.15. The number of nitrogens with one attached hydrogen (secondary N) is 1. The van der Waals surface area contributed by atoms with E-state index in [4.69, 9.17) is 0 Å². The third kappa shape index (κ3) is 4.08. The van der Waals surface area contributed by atoms with Crippen LogP contribution in [0.1, 0.15) is 24.9 Å². The Morgan fingerprint density at radius 2 is 2.13 bits per heavy atom. The first-order valence-electron chi connectivity index (χ1n) is 5.23. The SMILES string of the molecule is CCC(CSC)Nc1cc(C)nc(C)n1. The molecule has 0 fully saturated rings. The Balaban J connectivity index is 2.69. The van der Waals surface area contributed by atoms with Crippen molar-refractivity contribution in [3.8, 4) is 0 Å². The first-order valence-corrected chi connectivity index (χ1v) is 6.62. The van der Waals surface area contributed by atoms with Crippen LogP contribution in [0.4, 0.5) is 5.82 Å². The van der Waals surface area contributed by atoms with E-state index in [1.807, 2.05) is 31.7 Å². The van der Waals surface area contributed by atoms with Gasteiger partial charge < -0.3 is 5.32 Å². The van der Waals surface area contributed by atoms with Gasteiger partial charge in [-0.05, 0) is 26.5 Å². The van der Waals surface area contributed by atoms with E-state index in [2.05, 4.69) is 28.5 Å². The van der Waals surface area contributed by atoms with Crippen LogP contribution in [-0.2, 0) is 0 Å². The lowest BCUT2D eigenvalue weighted by Gasteiger charge is -2.16. The maximum absolute atomic E-state index is 4.37. The normalized spacial score (nSPS) is 12.5. The zero-order chi connectivity index (χ0) is 11.3. The van der Waals surface area contributed by atoms with Gasteiger partial charge in [0.25, 0.3) is 0 Å². The summed E-state index contributed by atoms with van der Waals surface area (Å²) in [6.07, 6.45) is 3.24. The van der Waals surface area contributed by atoms with E-state index >= 15 is 0 Å². The Morgan fingerprint density at radius 3 is 2.67 bits per heavy atom. The molecule has 1 atom stereocenters. The number of hydrogen-bond acceptors (Lipinski definition) is 4. The molecule has 0 saturated carbocycles. The molecule has 1 heterocycles. The maximum atomic E-state index is 4.37. The lowest BCUT2D eigenvalue weighted by Crippen LogP contribution is -2.22. The van der Waals surface area contributed by atoms with Gasteiger partial charge in [-0.15, -0.1) is 0 Å². The second-order valence-corrected chi connectivity index (χ2v) is 4.56. The quantitative estimate of drug-likeness (QED) is 0.836. The largest absolute Gasteiger partial charge is 0.366 e. The summed E-state index contributed by atoms with van der Waals surface area (Å²) in [5, 5.41) is 3.44. The van der Waals surface area contributed by atoms with Crippen molar-refractivity contribution in [2.24, 2.45) is 0 Å². The van der Waals surface area contributed by atoms with Crippen LogP contribution < -0.4 is 5.32 Å². The highest BCUT2D eigenvalue weighted by atomic mass is 32.2. The number of thioether (sulfide) groups is 1. The molecule has 0 aromatic carbocycles. The minimum atomic E-state index is 0.494. The van der Waals surface area contributed by atoms with Crippen LogP contribution in [-0.4, -0.2) is 28.0 Å². The second kappa shape index (κ2) is 5.95. The summed E-state index contributed by atoms with van der Waals surface area (Å²) in [7, 11) is 0. The zero-order valence-electron chi connectivity index (χ0n) is 9.87. The summed E-state index contributed by atoms with van der Waals surface area (Å²) in [5.41, 5.74) is 1.02. The van der Waals surface area contributed by atoms with Gasteiger partial charge in [0.1, 0.15) is 11.6 Å². The molecule has 0 aliphatic heterocycles. The Labute approximate surface area is 96.1 Å². The van der Waals surface area contributed by atoms with Gasteiger partial charge in [0.15, 0.2) is 0 Å². The van der Waals surface area contributed by atoms with Gasteiger partial charge >= 0.3 is 0 Å². The van der Waals surface area contributed by atoms with Gasteiger partial charge in [0, 0.05) is 23.6 Å². The second-order valence-electron chi connectivity index (χ2n) is 3.65. The molecule has 0 bridgehead atoms. The van der Waals surface area contributed by atoms with Gasteiger partial charge in [-0.3, -0.25) is 0 Å². The summed E-state index contributed by atoms with van der Waals surface area (Å²) in [6, 6.07) is 2.49. The summed E-state index contributed by atoms with van der Waals surface area (Å²) in [5.74, 6) is 2.89. The molecule has 1 N–H and O–H groups in total. The van der Waals surface area contributed by atoms with Crippen LogP contribution >= 0.6 is 11.8 Å². The van der Waals surface area contributed by atoms with Crippen LogP contribution in [0.25, 0.3) is 0 Å². The number of aromatic nitrogens is 2. The standard InChI is InChI=1S/C11H19N3S/c1-5-10(7-15-4)14-11-6-8(2)12-9(3)13-11/h6,10H,5,7H2,1-4H3,(H,12,13,14). The Kier molecular flexibility index (Phi) is 4.88. The lowest BCUT2D eigenvalue weighted by molar-refractivity contribution is 0.767. The van der Waals surface area contributed by atoms with Crippen LogP contribution in [0, 0.1) is 13.8 Å². The van der Waals surface area contributed by atoms with Crippen molar-refractivity contribution in [3.05, 3.63) is 17.6 Å². The van der Waals surface area contributed by atoms with Crippen LogP contribution in [0.15, 0.2) is 6.07 Å². The highest BCUT2D eigenvalue weighted by Crippen LogP contribution is 2.11. The van der Waals surface area contributed by atoms with Gasteiger partial charge in [-0.25, -0.2) is 9.97 Å². The summed E-state index contributed by atoms with van der Waals surface area (Å²) in [6.45, 7) is 6.11. The minimum Gasteiger partial charge on any atom is -0.366 e. The molecule has 1 aromatic rings. The number of hydrogen-bond donors (Lipinski definition) is 1. The lowest BCUT2D eigenvalue weighted by atomic mass is 10.2. The number of nitrogens with zero attached hydrogens (tertiary/aromatic N) is 2. The number of rotatable bonds is 5. The molecule has 4 heteroatoms. The minimum absolute atomic E-state index is 0.494. The molecule has 0 radical (unpaired) electrons. The van der Waals surface area contributed by atoms with Crippen LogP contribution in [0.5, 0.6) is 0 Å². The Morgan fingerprint density at radius 1 is 1.40 bits per heavy atom. The third-order valence-corrected chi connectivity index (χ3v) is 2.91. The molecule has 0 aliphatic carbocycles. The van der Waals surface area contributed by atoms with E-state index in [0.29, 0.717) is 6.04 Å². The molecular weight excluding hydrogens is 206 g/mol. The van der Waals surface area contributed by atoms with Crippen molar-refractivity contribution >= 4 is 17.6 Å². The average Bonchev–Trinajstić information content (AvgIpc) is 2.15. The van der Waals surface area contributed by atoms with Gasteiger partial charge in [-0.2, -0.15) is 11.8 Å². The van der Waals surface area contributed by atoms with Crippen molar-refractivity contribution in [2.75, 3.05) is 17.3 Å². The van der Waals surface area contributed by atoms with Crippen molar-refractivity contribution in [3.63, 3.8) is 0 Å². The molecular formula is C11H19N3S.